The Hall–Kier alpha value is -1.02. The maximum atomic E-state index is 5.99. The number of rotatable bonds is 5. The number of benzene rings is 1. The first-order chi connectivity index (χ1) is 8.20. The highest BCUT2D eigenvalue weighted by molar-refractivity contribution is 5.38. The van der Waals surface area contributed by atoms with E-state index in [1.54, 1.807) is 0 Å². The van der Waals surface area contributed by atoms with Crippen molar-refractivity contribution >= 4 is 0 Å². The van der Waals surface area contributed by atoms with E-state index in [2.05, 4.69) is 44.3 Å². The Morgan fingerprint density at radius 2 is 2.00 bits per heavy atom. The maximum absolute atomic E-state index is 5.99. The van der Waals surface area contributed by atoms with Crippen molar-refractivity contribution in [3.05, 3.63) is 29.3 Å². The second-order valence-electron chi connectivity index (χ2n) is 4.95. The molecule has 1 aromatic carbocycles. The van der Waals surface area contributed by atoms with Crippen LogP contribution in [-0.4, -0.2) is 18.7 Å². The number of ether oxygens (including phenoxy) is 1. The van der Waals surface area contributed by atoms with E-state index >= 15 is 0 Å². The molecular formula is C15H23NO. The molecule has 0 saturated heterocycles. The molecule has 0 bridgehead atoms. The highest BCUT2D eigenvalue weighted by atomic mass is 16.5. The molecule has 0 amide bonds. The lowest BCUT2D eigenvalue weighted by Gasteiger charge is -2.22. The van der Waals surface area contributed by atoms with Gasteiger partial charge in [0.05, 0.1) is 0 Å². The minimum Gasteiger partial charge on any atom is -0.489 e. The Morgan fingerprint density at radius 1 is 1.24 bits per heavy atom. The van der Waals surface area contributed by atoms with Gasteiger partial charge in [0, 0.05) is 6.04 Å². The molecule has 0 spiro atoms. The average Bonchev–Trinajstić information content (AvgIpc) is 2.76. The first-order valence-electron chi connectivity index (χ1n) is 6.72. The predicted octanol–water partition coefficient (Wildman–Crippen LogP) is 2.94. The Kier molecular flexibility index (Phi) is 4.06. The normalized spacial score (nSPS) is 17.6. The van der Waals surface area contributed by atoms with Crippen molar-refractivity contribution in [1.82, 2.24) is 5.32 Å². The highest BCUT2D eigenvalue weighted by Gasteiger charge is 2.15. The SMILES string of the molecule is CCNC(C)C(C)Oc1ccc2c(c1)CCC2. The van der Waals surface area contributed by atoms with Crippen LogP contribution >= 0.6 is 0 Å². The van der Waals surface area contributed by atoms with Crippen molar-refractivity contribution in [2.75, 3.05) is 6.54 Å². The molecule has 1 aromatic rings. The summed E-state index contributed by atoms with van der Waals surface area (Å²) in [5.74, 6) is 1.02. The number of fused-ring (bicyclic) bond motifs is 1. The Balaban J connectivity index is 1.99. The molecule has 0 fully saturated rings. The molecule has 0 aromatic heterocycles. The van der Waals surface area contributed by atoms with Crippen LogP contribution in [0, 0.1) is 0 Å². The molecule has 0 heterocycles. The monoisotopic (exact) mass is 233 g/mol. The summed E-state index contributed by atoms with van der Waals surface area (Å²) in [6.07, 6.45) is 3.94. The summed E-state index contributed by atoms with van der Waals surface area (Å²) in [5.41, 5.74) is 2.98. The van der Waals surface area contributed by atoms with Gasteiger partial charge >= 0.3 is 0 Å². The summed E-state index contributed by atoms with van der Waals surface area (Å²) in [6, 6.07) is 6.94. The molecule has 0 aliphatic heterocycles. The number of hydrogen-bond donors (Lipinski definition) is 1. The zero-order chi connectivity index (χ0) is 12.3. The number of likely N-dealkylation sites (N-methyl/N-ethyl adjacent to an activating group) is 1. The van der Waals surface area contributed by atoms with Gasteiger partial charge in [-0.3, -0.25) is 0 Å². The van der Waals surface area contributed by atoms with Gasteiger partial charge in [-0.15, -0.1) is 0 Å². The van der Waals surface area contributed by atoms with Crippen LogP contribution in [0.3, 0.4) is 0 Å². The summed E-state index contributed by atoms with van der Waals surface area (Å²) in [4.78, 5) is 0. The van der Waals surface area contributed by atoms with Crippen LogP contribution in [0.4, 0.5) is 0 Å². The molecule has 2 nitrogen and oxygen atoms in total. The first-order valence-corrected chi connectivity index (χ1v) is 6.72. The van der Waals surface area contributed by atoms with Crippen LogP contribution in [0.2, 0.25) is 0 Å². The van der Waals surface area contributed by atoms with Crippen molar-refractivity contribution in [2.45, 2.75) is 52.2 Å². The maximum Gasteiger partial charge on any atom is 0.120 e. The van der Waals surface area contributed by atoms with Crippen LogP contribution < -0.4 is 10.1 Å². The molecule has 0 saturated carbocycles. The Bertz CT molecular complexity index is 375. The summed E-state index contributed by atoms with van der Waals surface area (Å²) >= 11 is 0. The number of nitrogens with one attached hydrogen (secondary N) is 1. The van der Waals surface area contributed by atoms with Crippen molar-refractivity contribution in [1.29, 1.82) is 0 Å². The fourth-order valence-electron chi connectivity index (χ4n) is 2.43. The van der Waals surface area contributed by atoms with Crippen LogP contribution in [0.15, 0.2) is 18.2 Å². The third-order valence-corrected chi connectivity index (χ3v) is 3.62. The van der Waals surface area contributed by atoms with Crippen LogP contribution in [0.1, 0.15) is 38.3 Å². The summed E-state index contributed by atoms with van der Waals surface area (Å²) in [6.45, 7) is 7.40. The minimum atomic E-state index is 0.203. The van der Waals surface area contributed by atoms with Gasteiger partial charge < -0.3 is 10.1 Å². The molecule has 2 rings (SSSR count). The van der Waals surface area contributed by atoms with Gasteiger partial charge in [0.2, 0.25) is 0 Å². The molecule has 2 unspecified atom stereocenters. The van der Waals surface area contributed by atoms with Gasteiger partial charge in [-0.1, -0.05) is 13.0 Å². The van der Waals surface area contributed by atoms with Crippen molar-refractivity contribution in [3.8, 4) is 5.75 Å². The highest BCUT2D eigenvalue weighted by Crippen LogP contribution is 2.26. The molecule has 1 aliphatic rings. The lowest BCUT2D eigenvalue weighted by molar-refractivity contribution is 0.179. The zero-order valence-electron chi connectivity index (χ0n) is 11.1. The Labute approximate surface area is 104 Å². The smallest absolute Gasteiger partial charge is 0.120 e. The number of aryl methyl sites for hydroxylation is 2. The molecule has 1 N–H and O–H groups in total. The van der Waals surface area contributed by atoms with E-state index < -0.39 is 0 Å². The molecule has 2 heteroatoms. The van der Waals surface area contributed by atoms with Gasteiger partial charge in [-0.05, 0) is 62.9 Å². The Morgan fingerprint density at radius 3 is 2.76 bits per heavy atom. The topological polar surface area (TPSA) is 21.3 Å². The predicted molar refractivity (Wildman–Crippen MR) is 71.7 cm³/mol. The molecule has 1 aliphatic carbocycles. The largest absolute Gasteiger partial charge is 0.489 e. The number of hydrogen-bond acceptors (Lipinski definition) is 2. The van der Waals surface area contributed by atoms with Crippen LogP contribution in [0.5, 0.6) is 5.75 Å². The van der Waals surface area contributed by atoms with E-state index in [1.807, 2.05) is 0 Å². The van der Waals surface area contributed by atoms with E-state index in [-0.39, 0.29) is 6.10 Å². The molecular weight excluding hydrogens is 210 g/mol. The minimum absolute atomic E-state index is 0.203. The van der Waals surface area contributed by atoms with Crippen LogP contribution in [0.25, 0.3) is 0 Å². The summed E-state index contributed by atoms with van der Waals surface area (Å²) in [7, 11) is 0. The lowest BCUT2D eigenvalue weighted by Crippen LogP contribution is -2.38. The average molecular weight is 233 g/mol. The standard InChI is InChI=1S/C15H23NO/c1-4-16-11(2)12(3)17-15-9-8-13-6-5-7-14(13)10-15/h8-12,16H,4-7H2,1-3H3. The van der Waals surface area contributed by atoms with Crippen molar-refractivity contribution in [2.24, 2.45) is 0 Å². The van der Waals surface area contributed by atoms with Gasteiger partial charge in [-0.2, -0.15) is 0 Å². The molecule has 94 valence electrons. The van der Waals surface area contributed by atoms with E-state index in [1.165, 1.54) is 30.4 Å². The van der Waals surface area contributed by atoms with Gasteiger partial charge in [0.25, 0.3) is 0 Å². The summed E-state index contributed by atoms with van der Waals surface area (Å²) < 4.78 is 5.99. The molecule has 2 atom stereocenters. The van der Waals surface area contributed by atoms with Gasteiger partial charge in [0.1, 0.15) is 11.9 Å². The van der Waals surface area contributed by atoms with E-state index in [0.717, 1.165) is 12.3 Å². The third kappa shape index (κ3) is 3.01. The fraction of sp³-hybridized carbons (Fsp3) is 0.600. The van der Waals surface area contributed by atoms with Crippen LogP contribution in [-0.2, 0) is 12.8 Å². The van der Waals surface area contributed by atoms with E-state index in [4.69, 9.17) is 4.74 Å². The van der Waals surface area contributed by atoms with Crippen molar-refractivity contribution in [3.63, 3.8) is 0 Å². The lowest BCUT2D eigenvalue weighted by atomic mass is 10.1. The second-order valence-corrected chi connectivity index (χ2v) is 4.95. The quantitative estimate of drug-likeness (QED) is 0.844. The first kappa shape index (κ1) is 12.4. The fourth-order valence-corrected chi connectivity index (χ4v) is 2.43. The van der Waals surface area contributed by atoms with Gasteiger partial charge in [0.15, 0.2) is 0 Å². The molecule has 17 heavy (non-hydrogen) atoms. The van der Waals surface area contributed by atoms with E-state index in [9.17, 15) is 0 Å². The zero-order valence-corrected chi connectivity index (χ0v) is 11.1. The summed E-state index contributed by atoms with van der Waals surface area (Å²) in [5, 5.41) is 3.39. The third-order valence-electron chi connectivity index (χ3n) is 3.62. The molecule has 0 radical (unpaired) electrons. The van der Waals surface area contributed by atoms with Crippen molar-refractivity contribution < 1.29 is 4.74 Å². The second kappa shape index (κ2) is 5.54. The van der Waals surface area contributed by atoms with E-state index in [0.29, 0.717) is 6.04 Å². The van der Waals surface area contributed by atoms with Gasteiger partial charge in [-0.25, -0.2) is 0 Å².